The Balaban J connectivity index is 2.11. The first-order chi connectivity index (χ1) is 17.9. The second-order valence-electron chi connectivity index (χ2n) is 9.59. The SMILES string of the molecule is COc1cc(CC(=O)NC(C)(C)C)ccc1S(=O)(=O)n1nc(-c2ccc(Cl)cc2)n(CC(O)C(F)(F)F)c1=O. The summed E-state index contributed by atoms with van der Waals surface area (Å²) in [5, 5.41) is 16.5. The highest BCUT2D eigenvalue weighted by atomic mass is 35.5. The van der Waals surface area contributed by atoms with Gasteiger partial charge in [0.05, 0.1) is 20.1 Å². The number of halogens is 4. The number of rotatable bonds is 8. The van der Waals surface area contributed by atoms with Crippen molar-refractivity contribution in [2.24, 2.45) is 0 Å². The smallest absolute Gasteiger partial charge is 0.416 e. The Morgan fingerprint density at radius 3 is 2.31 bits per heavy atom. The number of nitrogens with zero attached hydrogens (tertiary/aromatic N) is 3. The lowest BCUT2D eigenvalue weighted by Crippen LogP contribution is -2.41. The van der Waals surface area contributed by atoms with Crippen molar-refractivity contribution in [3.8, 4) is 17.1 Å². The number of aliphatic hydroxyl groups is 1. The fourth-order valence-electron chi connectivity index (χ4n) is 3.56. The highest BCUT2D eigenvalue weighted by Gasteiger charge is 2.40. The van der Waals surface area contributed by atoms with Crippen LogP contribution >= 0.6 is 11.6 Å². The molecule has 0 saturated heterocycles. The average Bonchev–Trinajstić information content (AvgIpc) is 3.14. The molecule has 15 heteroatoms. The lowest BCUT2D eigenvalue weighted by atomic mass is 10.1. The molecule has 0 spiro atoms. The summed E-state index contributed by atoms with van der Waals surface area (Å²) in [6, 6.07) is 9.14. The van der Waals surface area contributed by atoms with Crippen molar-refractivity contribution in [1.82, 2.24) is 19.1 Å². The van der Waals surface area contributed by atoms with E-state index in [9.17, 15) is 36.3 Å². The van der Waals surface area contributed by atoms with Crippen LogP contribution in [0.2, 0.25) is 5.02 Å². The molecule has 0 saturated carbocycles. The van der Waals surface area contributed by atoms with E-state index < -0.39 is 50.8 Å². The molecule has 1 atom stereocenters. The number of benzene rings is 2. The van der Waals surface area contributed by atoms with E-state index in [0.717, 1.165) is 6.07 Å². The molecule has 2 N–H and O–H groups in total. The van der Waals surface area contributed by atoms with Crippen LogP contribution < -0.4 is 15.7 Å². The molecule has 1 unspecified atom stereocenters. The van der Waals surface area contributed by atoms with E-state index in [1.807, 2.05) is 0 Å². The standard InChI is InChI=1S/C24H26ClF3N4O6S/c1-23(2,3)29-20(34)12-14-5-10-18(17(11-14)38-4)39(36,37)32-22(35)31(13-19(33)24(26,27)28)21(30-32)15-6-8-16(25)9-7-15/h5-11,19,33H,12-13H2,1-4H3,(H,29,34). The number of aliphatic hydroxyl groups excluding tert-OH is 1. The zero-order chi connectivity index (χ0) is 29.3. The summed E-state index contributed by atoms with van der Waals surface area (Å²) in [5.41, 5.74) is -1.46. The number of amides is 1. The van der Waals surface area contributed by atoms with Crippen molar-refractivity contribution in [3.63, 3.8) is 0 Å². The van der Waals surface area contributed by atoms with Gasteiger partial charge in [0, 0.05) is 16.1 Å². The van der Waals surface area contributed by atoms with Gasteiger partial charge in [-0.2, -0.15) is 21.6 Å². The van der Waals surface area contributed by atoms with Crippen LogP contribution in [-0.2, 0) is 27.8 Å². The molecule has 1 aromatic heterocycles. The van der Waals surface area contributed by atoms with E-state index in [2.05, 4.69) is 10.4 Å². The Bertz CT molecular complexity index is 1530. The topological polar surface area (TPSA) is 133 Å². The quantitative estimate of drug-likeness (QED) is 0.412. The molecule has 0 bridgehead atoms. The maximum absolute atomic E-state index is 13.5. The van der Waals surface area contributed by atoms with Gasteiger partial charge in [-0.25, -0.2) is 4.79 Å². The molecule has 2 aromatic carbocycles. The second kappa shape index (κ2) is 11.0. The molecule has 10 nitrogen and oxygen atoms in total. The molecule has 3 aromatic rings. The van der Waals surface area contributed by atoms with Gasteiger partial charge in [-0.1, -0.05) is 21.8 Å². The molecule has 1 amide bonds. The molecular formula is C24H26ClF3N4O6S. The maximum Gasteiger partial charge on any atom is 0.416 e. The zero-order valence-corrected chi connectivity index (χ0v) is 22.9. The number of hydrogen-bond donors (Lipinski definition) is 2. The van der Waals surface area contributed by atoms with E-state index >= 15 is 0 Å². The summed E-state index contributed by atoms with van der Waals surface area (Å²) in [6.45, 7) is 4.08. The van der Waals surface area contributed by atoms with E-state index in [4.69, 9.17) is 16.3 Å². The normalized spacial score (nSPS) is 13.3. The lowest BCUT2D eigenvalue weighted by Gasteiger charge is -2.20. The van der Waals surface area contributed by atoms with E-state index in [-0.39, 0.29) is 32.8 Å². The Hall–Kier alpha value is -3.36. The van der Waals surface area contributed by atoms with Crippen LogP contribution in [0.3, 0.4) is 0 Å². The third kappa shape index (κ3) is 6.99. The van der Waals surface area contributed by atoms with Gasteiger partial charge in [-0.15, -0.1) is 5.10 Å². The molecule has 0 aliphatic rings. The highest BCUT2D eigenvalue weighted by Crippen LogP contribution is 2.28. The molecule has 0 fully saturated rings. The Labute approximate surface area is 227 Å². The number of nitrogens with one attached hydrogen (secondary N) is 1. The first-order valence-electron chi connectivity index (χ1n) is 11.4. The summed E-state index contributed by atoms with van der Waals surface area (Å²) >= 11 is 5.86. The van der Waals surface area contributed by atoms with Crippen LogP contribution in [0.5, 0.6) is 5.75 Å². The summed E-state index contributed by atoms with van der Waals surface area (Å²) in [5.74, 6) is -0.996. The molecule has 0 aliphatic carbocycles. The molecule has 39 heavy (non-hydrogen) atoms. The van der Waals surface area contributed by atoms with Gasteiger partial charge >= 0.3 is 11.9 Å². The third-order valence-corrected chi connectivity index (χ3v) is 7.12. The Kier molecular flexibility index (Phi) is 8.53. The van der Waals surface area contributed by atoms with Crippen molar-refractivity contribution >= 4 is 27.5 Å². The van der Waals surface area contributed by atoms with Crippen molar-refractivity contribution in [2.75, 3.05) is 7.11 Å². The van der Waals surface area contributed by atoms with Gasteiger partial charge in [0.25, 0.3) is 10.0 Å². The fraction of sp³-hybridized carbons (Fsp3) is 0.375. The number of alkyl halides is 3. The van der Waals surface area contributed by atoms with Crippen LogP contribution in [0.15, 0.2) is 52.2 Å². The number of aromatic nitrogens is 3. The van der Waals surface area contributed by atoms with Crippen molar-refractivity contribution < 1.29 is 36.2 Å². The number of carbonyl (C=O) groups is 1. The van der Waals surface area contributed by atoms with Crippen molar-refractivity contribution in [3.05, 3.63) is 63.5 Å². The van der Waals surface area contributed by atoms with Gasteiger partial charge in [-0.3, -0.25) is 9.36 Å². The van der Waals surface area contributed by atoms with Crippen LogP contribution in [-0.4, -0.2) is 58.1 Å². The van der Waals surface area contributed by atoms with Gasteiger partial charge in [0.2, 0.25) is 5.91 Å². The van der Waals surface area contributed by atoms with Gasteiger partial charge in [0.15, 0.2) is 11.9 Å². The molecule has 1 heterocycles. The zero-order valence-electron chi connectivity index (χ0n) is 21.3. The van der Waals surface area contributed by atoms with Crippen LogP contribution in [0.25, 0.3) is 11.4 Å². The van der Waals surface area contributed by atoms with E-state index in [1.54, 1.807) is 20.8 Å². The van der Waals surface area contributed by atoms with Crippen molar-refractivity contribution in [2.45, 2.75) is 56.5 Å². The summed E-state index contributed by atoms with van der Waals surface area (Å²) in [6.07, 6.45) is -8.16. The van der Waals surface area contributed by atoms with Gasteiger partial charge in [0.1, 0.15) is 10.6 Å². The van der Waals surface area contributed by atoms with Crippen LogP contribution in [0.1, 0.15) is 26.3 Å². The van der Waals surface area contributed by atoms with Gasteiger partial charge in [-0.05, 0) is 62.7 Å². The second-order valence-corrected chi connectivity index (χ2v) is 11.8. The molecule has 3 rings (SSSR count). The first-order valence-corrected chi connectivity index (χ1v) is 13.2. The summed E-state index contributed by atoms with van der Waals surface area (Å²) < 4.78 is 72.0. The molecular weight excluding hydrogens is 565 g/mol. The molecule has 0 radical (unpaired) electrons. The minimum atomic E-state index is -5.09. The highest BCUT2D eigenvalue weighted by molar-refractivity contribution is 7.90. The van der Waals surface area contributed by atoms with Crippen LogP contribution in [0, 0.1) is 0 Å². The maximum atomic E-state index is 13.5. The Morgan fingerprint density at radius 2 is 1.77 bits per heavy atom. The van der Waals surface area contributed by atoms with Crippen LogP contribution in [0.4, 0.5) is 13.2 Å². The third-order valence-electron chi connectivity index (χ3n) is 5.28. The average molecular weight is 591 g/mol. The summed E-state index contributed by atoms with van der Waals surface area (Å²) in [7, 11) is -3.64. The largest absolute Gasteiger partial charge is 0.495 e. The number of ether oxygens (including phenoxy) is 1. The summed E-state index contributed by atoms with van der Waals surface area (Å²) in [4.78, 5) is 24.9. The minimum Gasteiger partial charge on any atom is -0.495 e. The molecule has 0 aliphatic heterocycles. The lowest BCUT2D eigenvalue weighted by molar-refractivity contribution is -0.207. The van der Waals surface area contributed by atoms with E-state index in [1.165, 1.54) is 43.5 Å². The predicted octanol–water partition coefficient (Wildman–Crippen LogP) is 2.99. The predicted molar refractivity (Wildman–Crippen MR) is 136 cm³/mol. The molecule has 212 valence electrons. The van der Waals surface area contributed by atoms with Gasteiger partial charge < -0.3 is 15.2 Å². The van der Waals surface area contributed by atoms with E-state index in [0.29, 0.717) is 10.1 Å². The number of hydrogen-bond acceptors (Lipinski definition) is 7. The number of carbonyl (C=O) groups excluding carboxylic acids is 1. The monoisotopic (exact) mass is 590 g/mol. The van der Waals surface area contributed by atoms with Crippen molar-refractivity contribution in [1.29, 1.82) is 0 Å². The Morgan fingerprint density at radius 1 is 1.15 bits per heavy atom. The minimum absolute atomic E-state index is 0.0316. The fourth-order valence-corrected chi connectivity index (χ4v) is 5.00. The first kappa shape index (κ1) is 30.2. The number of methoxy groups -OCH3 is 1.